The summed E-state index contributed by atoms with van der Waals surface area (Å²) in [5.74, 6) is -0.672. The van der Waals surface area contributed by atoms with E-state index in [-0.39, 0.29) is 16.8 Å². The smallest absolute Gasteiger partial charge is 0.348 e. The number of anilines is 1. The molecule has 162 valence electrons. The fourth-order valence-electron chi connectivity index (χ4n) is 4.08. The first kappa shape index (κ1) is 22.3. The van der Waals surface area contributed by atoms with Gasteiger partial charge in [0.15, 0.2) is 0 Å². The lowest BCUT2D eigenvalue weighted by Gasteiger charge is -2.36. The molecule has 2 aromatic rings. The molecule has 3 atom stereocenters. The van der Waals surface area contributed by atoms with Crippen LogP contribution < -0.4 is 9.64 Å². The van der Waals surface area contributed by atoms with E-state index in [9.17, 15) is 19.8 Å². The average Bonchev–Trinajstić information content (AvgIpc) is 3.13. The maximum absolute atomic E-state index is 13.4. The number of aromatic carboxylic acids is 1. The van der Waals surface area contributed by atoms with Crippen LogP contribution in [0.4, 0.5) is 5.69 Å². The largest absolute Gasteiger partial charge is 0.497 e. The van der Waals surface area contributed by atoms with Gasteiger partial charge in [0, 0.05) is 10.9 Å². The second-order valence-corrected chi connectivity index (χ2v) is 9.30. The molecular formula is C23H29NO5S. The fraction of sp³-hybridized carbons (Fsp3) is 0.478. The number of ether oxygens (including phenoxy) is 1. The molecule has 0 saturated heterocycles. The first-order valence-electron chi connectivity index (χ1n) is 10.3. The number of aliphatic hydroxyl groups is 1. The number of methoxy groups -OCH3 is 1. The van der Waals surface area contributed by atoms with Gasteiger partial charge in [-0.25, -0.2) is 4.79 Å². The Labute approximate surface area is 181 Å². The van der Waals surface area contributed by atoms with Crippen LogP contribution in [-0.2, 0) is 4.79 Å². The van der Waals surface area contributed by atoms with Crippen molar-refractivity contribution in [1.29, 1.82) is 0 Å². The third kappa shape index (κ3) is 4.52. The molecule has 30 heavy (non-hydrogen) atoms. The van der Waals surface area contributed by atoms with Crippen LogP contribution in [0.1, 0.15) is 49.7 Å². The van der Waals surface area contributed by atoms with Crippen molar-refractivity contribution in [3.8, 4) is 16.2 Å². The van der Waals surface area contributed by atoms with Crippen LogP contribution in [0.25, 0.3) is 10.4 Å². The lowest BCUT2D eigenvalue weighted by atomic mass is 9.80. The molecule has 3 unspecified atom stereocenters. The van der Waals surface area contributed by atoms with Gasteiger partial charge in [0.25, 0.3) is 0 Å². The summed E-state index contributed by atoms with van der Waals surface area (Å²) in [7, 11) is 1.59. The summed E-state index contributed by atoms with van der Waals surface area (Å²) in [6.07, 6.45) is 1.39. The quantitative estimate of drug-likeness (QED) is 0.695. The van der Waals surface area contributed by atoms with Crippen LogP contribution >= 0.6 is 11.3 Å². The van der Waals surface area contributed by atoms with E-state index < -0.39 is 18.0 Å². The number of benzene rings is 1. The van der Waals surface area contributed by atoms with Crippen molar-refractivity contribution >= 4 is 28.9 Å². The van der Waals surface area contributed by atoms with Gasteiger partial charge in [-0.3, -0.25) is 4.79 Å². The highest BCUT2D eigenvalue weighted by Gasteiger charge is 2.38. The van der Waals surface area contributed by atoms with Gasteiger partial charge in [0.05, 0.1) is 24.8 Å². The minimum atomic E-state index is -1.06. The summed E-state index contributed by atoms with van der Waals surface area (Å²) < 4.78 is 5.19. The molecule has 1 saturated carbocycles. The van der Waals surface area contributed by atoms with E-state index in [0.717, 1.165) is 28.2 Å². The minimum absolute atomic E-state index is 0.126. The number of carboxylic acid groups (broad SMARTS) is 1. The van der Waals surface area contributed by atoms with Crippen LogP contribution in [0.5, 0.6) is 5.75 Å². The molecule has 1 amide bonds. The highest BCUT2D eigenvalue weighted by atomic mass is 32.1. The monoisotopic (exact) mass is 431 g/mol. The van der Waals surface area contributed by atoms with Crippen molar-refractivity contribution in [3.05, 3.63) is 35.2 Å². The van der Waals surface area contributed by atoms with Crippen molar-refractivity contribution in [2.75, 3.05) is 12.0 Å². The summed E-state index contributed by atoms with van der Waals surface area (Å²) in [5.41, 5.74) is 1.25. The van der Waals surface area contributed by atoms with Crippen molar-refractivity contribution in [3.63, 3.8) is 0 Å². The van der Waals surface area contributed by atoms with E-state index >= 15 is 0 Å². The number of carboxylic acids is 1. The minimum Gasteiger partial charge on any atom is -0.497 e. The number of thiophene rings is 1. The Hall–Kier alpha value is -2.38. The zero-order chi connectivity index (χ0) is 22.0. The molecule has 1 aromatic heterocycles. The number of nitrogens with zero attached hydrogens (tertiary/aromatic N) is 1. The summed E-state index contributed by atoms with van der Waals surface area (Å²) in [4.78, 5) is 27.9. The van der Waals surface area contributed by atoms with E-state index in [2.05, 4.69) is 6.92 Å². The number of hydrogen-bond acceptors (Lipinski definition) is 5. The van der Waals surface area contributed by atoms with E-state index in [0.29, 0.717) is 30.2 Å². The van der Waals surface area contributed by atoms with E-state index in [1.54, 1.807) is 18.1 Å². The molecule has 0 bridgehead atoms. The number of carbonyl (C=O) groups excluding carboxylic acids is 1. The van der Waals surface area contributed by atoms with Crippen LogP contribution in [0.2, 0.25) is 0 Å². The van der Waals surface area contributed by atoms with E-state index in [4.69, 9.17) is 4.74 Å². The fourth-order valence-corrected chi connectivity index (χ4v) is 5.07. The Balaban J connectivity index is 2.00. The Morgan fingerprint density at radius 3 is 2.40 bits per heavy atom. The predicted octanol–water partition coefficient (Wildman–Crippen LogP) is 4.66. The molecule has 0 spiro atoms. The Bertz CT molecular complexity index is 905. The molecule has 6 nitrogen and oxygen atoms in total. The Morgan fingerprint density at radius 1 is 1.20 bits per heavy atom. The van der Waals surface area contributed by atoms with Crippen LogP contribution in [-0.4, -0.2) is 41.3 Å². The zero-order valence-corrected chi connectivity index (χ0v) is 18.6. The van der Waals surface area contributed by atoms with Gasteiger partial charge in [0.2, 0.25) is 5.91 Å². The number of hydrogen-bond donors (Lipinski definition) is 2. The highest BCUT2D eigenvalue weighted by Crippen LogP contribution is 2.40. The van der Waals surface area contributed by atoms with Gasteiger partial charge in [-0.2, -0.15) is 0 Å². The average molecular weight is 432 g/mol. The maximum atomic E-state index is 13.4. The molecule has 1 aromatic carbocycles. The van der Waals surface area contributed by atoms with Gasteiger partial charge in [-0.1, -0.05) is 6.92 Å². The second-order valence-electron chi connectivity index (χ2n) is 8.25. The first-order valence-corrected chi connectivity index (χ1v) is 11.1. The SMILES string of the molecule is COc1ccc(-c2cc(N(C(=O)C3CCC(C)CC3O)C(C)C)c(C(=O)O)s2)cc1. The zero-order valence-electron chi connectivity index (χ0n) is 17.8. The lowest BCUT2D eigenvalue weighted by molar-refractivity contribution is -0.128. The third-order valence-corrected chi connectivity index (χ3v) is 6.85. The summed E-state index contributed by atoms with van der Waals surface area (Å²) in [6.45, 7) is 5.81. The van der Waals surface area contributed by atoms with Crippen LogP contribution in [0.3, 0.4) is 0 Å². The van der Waals surface area contributed by atoms with Gasteiger partial charge < -0.3 is 19.8 Å². The lowest BCUT2D eigenvalue weighted by Crippen LogP contribution is -2.46. The molecule has 1 fully saturated rings. The topological polar surface area (TPSA) is 87.1 Å². The summed E-state index contributed by atoms with van der Waals surface area (Å²) >= 11 is 1.15. The molecule has 1 aliphatic carbocycles. The number of rotatable bonds is 6. The molecule has 1 aliphatic rings. The molecule has 3 rings (SSSR count). The molecular weight excluding hydrogens is 402 g/mol. The molecule has 2 N–H and O–H groups in total. The molecule has 0 aliphatic heterocycles. The predicted molar refractivity (Wildman–Crippen MR) is 118 cm³/mol. The standard InChI is InChI=1S/C23H29NO5S/c1-13(2)24(22(26)17-10-5-14(3)11-19(17)25)18-12-20(30-21(18)23(27)28)15-6-8-16(29-4)9-7-15/h6-9,12-14,17,19,25H,5,10-11H2,1-4H3,(H,27,28). The number of carbonyl (C=O) groups is 2. The third-order valence-electron chi connectivity index (χ3n) is 5.69. The Kier molecular flexibility index (Phi) is 6.83. The first-order chi connectivity index (χ1) is 14.2. The molecule has 7 heteroatoms. The van der Waals surface area contributed by atoms with E-state index in [1.165, 1.54) is 0 Å². The maximum Gasteiger partial charge on any atom is 0.348 e. The van der Waals surface area contributed by atoms with E-state index in [1.807, 2.05) is 38.1 Å². The molecule has 0 radical (unpaired) electrons. The van der Waals surface area contributed by atoms with Crippen molar-refractivity contribution in [2.24, 2.45) is 11.8 Å². The Morgan fingerprint density at radius 2 is 1.87 bits per heavy atom. The van der Waals surface area contributed by atoms with Crippen molar-refractivity contribution in [1.82, 2.24) is 0 Å². The number of amides is 1. The highest BCUT2D eigenvalue weighted by molar-refractivity contribution is 7.18. The summed E-state index contributed by atoms with van der Waals surface area (Å²) in [5, 5.41) is 20.3. The summed E-state index contributed by atoms with van der Waals surface area (Å²) in [6, 6.07) is 8.91. The molecule has 1 heterocycles. The van der Waals surface area contributed by atoms with Crippen molar-refractivity contribution in [2.45, 2.75) is 52.2 Å². The second kappa shape index (κ2) is 9.18. The van der Waals surface area contributed by atoms with Gasteiger partial charge in [0.1, 0.15) is 10.6 Å². The van der Waals surface area contributed by atoms with Gasteiger partial charge in [-0.15, -0.1) is 11.3 Å². The van der Waals surface area contributed by atoms with Crippen LogP contribution in [0.15, 0.2) is 30.3 Å². The van der Waals surface area contributed by atoms with Gasteiger partial charge in [-0.05, 0) is 74.9 Å². The number of aliphatic hydroxyl groups excluding tert-OH is 1. The normalized spacial score (nSPS) is 21.5. The van der Waals surface area contributed by atoms with Crippen molar-refractivity contribution < 1.29 is 24.5 Å². The van der Waals surface area contributed by atoms with Gasteiger partial charge >= 0.3 is 5.97 Å². The van der Waals surface area contributed by atoms with Crippen LogP contribution in [0, 0.1) is 11.8 Å².